The minimum absolute atomic E-state index is 0.197. The van der Waals surface area contributed by atoms with E-state index in [-0.39, 0.29) is 12.0 Å². The van der Waals surface area contributed by atoms with Gasteiger partial charge >= 0.3 is 0 Å². The van der Waals surface area contributed by atoms with Crippen LogP contribution in [0.4, 0.5) is 5.69 Å². The van der Waals surface area contributed by atoms with E-state index in [4.69, 9.17) is 0 Å². The number of hydrogen-bond acceptors (Lipinski definition) is 1. The zero-order valence-electron chi connectivity index (χ0n) is 32.6. The van der Waals surface area contributed by atoms with E-state index in [1.54, 1.807) is 0 Å². The van der Waals surface area contributed by atoms with E-state index < -0.39 is 0 Å². The Hall–Kier alpha value is -6.96. The minimum Gasteiger partial charge on any atom is -0.378 e. The topological polar surface area (TPSA) is 12.0 Å². The van der Waals surface area contributed by atoms with Gasteiger partial charge in [-0.25, -0.2) is 0 Å². The number of rotatable bonds is 6. The van der Waals surface area contributed by atoms with Crippen molar-refractivity contribution in [3.63, 3.8) is 0 Å². The summed E-state index contributed by atoms with van der Waals surface area (Å²) in [5, 5.41) is 11.7. The van der Waals surface area contributed by atoms with E-state index in [0.29, 0.717) is 0 Å². The Morgan fingerprint density at radius 3 is 1.97 bits per heavy atom. The molecule has 0 saturated heterocycles. The number of benzene rings is 9. The maximum absolute atomic E-state index is 3.91. The van der Waals surface area contributed by atoms with Crippen LogP contribution in [0.1, 0.15) is 46.2 Å². The van der Waals surface area contributed by atoms with Crippen molar-refractivity contribution in [1.82, 2.24) is 0 Å². The molecule has 0 heterocycles. The van der Waals surface area contributed by atoms with Gasteiger partial charge < -0.3 is 5.32 Å². The van der Waals surface area contributed by atoms with Crippen LogP contribution in [-0.2, 0) is 6.42 Å². The molecule has 9 aromatic rings. The van der Waals surface area contributed by atoms with Crippen molar-refractivity contribution in [1.29, 1.82) is 0 Å². The van der Waals surface area contributed by atoms with Crippen molar-refractivity contribution in [3.8, 4) is 33.4 Å². The third kappa shape index (κ3) is 5.94. The Morgan fingerprint density at radius 1 is 0.500 bits per heavy atom. The number of nitrogens with one attached hydrogen (secondary N) is 1. The maximum Gasteiger partial charge on any atom is 0.0560 e. The quantitative estimate of drug-likeness (QED) is 0.167. The summed E-state index contributed by atoms with van der Waals surface area (Å²) in [7, 11) is 0. The minimum atomic E-state index is 0.197. The van der Waals surface area contributed by atoms with Gasteiger partial charge in [0.25, 0.3) is 0 Å². The molecule has 0 aromatic heterocycles. The summed E-state index contributed by atoms with van der Waals surface area (Å²) in [6, 6.07) is 67.6. The van der Waals surface area contributed by atoms with Crippen molar-refractivity contribution >= 4 is 43.6 Å². The smallest absolute Gasteiger partial charge is 0.0560 e. The van der Waals surface area contributed by atoms with Crippen molar-refractivity contribution in [2.75, 3.05) is 5.32 Å². The predicted octanol–water partition coefficient (Wildman–Crippen LogP) is 15.3. The van der Waals surface area contributed by atoms with Crippen LogP contribution in [0.25, 0.3) is 71.3 Å². The van der Waals surface area contributed by atoms with Gasteiger partial charge in [0, 0.05) is 11.6 Å². The fraction of sp³-hybridized carbons (Fsp3) is 0.0877. The highest BCUT2D eigenvalue weighted by molar-refractivity contribution is 6.15. The first-order chi connectivity index (χ1) is 28.7. The molecule has 2 atom stereocenters. The van der Waals surface area contributed by atoms with Crippen LogP contribution in [0.15, 0.2) is 200 Å². The largest absolute Gasteiger partial charge is 0.378 e. The van der Waals surface area contributed by atoms with E-state index in [9.17, 15) is 0 Å². The van der Waals surface area contributed by atoms with Crippen molar-refractivity contribution in [2.24, 2.45) is 0 Å². The van der Waals surface area contributed by atoms with Crippen molar-refractivity contribution in [3.05, 3.63) is 228 Å². The lowest BCUT2D eigenvalue weighted by atomic mass is 9.80. The number of fused-ring (bicyclic) bond motifs is 6. The predicted molar refractivity (Wildman–Crippen MR) is 247 cm³/mol. The summed E-state index contributed by atoms with van der Waals surface area (Å²) in [4.78, 5) is 0. The lowest BCUT2D eigenvalue weighted by Crippen LogP contribution is -2.19. The van der Waals surface area contributed by atoms with Crippen LogP contribution in [0.5, 0.6) is 0 Å². The molecule has 11 rings (SSSR count). The molecule has 2 aliphatic rings. The third-order valence-electron chi connectivity index (χ3n) is 12.6. The zero-order chi connectivity index (χ0) is 38.6. The third-order valence-corrected chi connectivity index (χ3v) is 12.6. The molecule has 9 aromatic carbocycles. The first-order valence-corrected chi connectivity index (χ1v) is 20.6. The summed E-state index contributed by atoms with van der Waals surface area (Å²) >= 11 is 0. The molecule has 1 nitrogen and oxygen atoms in total. The lowest BCUT2D eigenvalue weighted by molar-refractivity contribution is 0.764. The number of aryl methyl sites for hydroxylation is 1. The molecular formula is C57H43N. The Labute approximate surface area is 340 Å². The molecule has 1 heteroatoms. The van der Waals surface area contributed by atoms with Gasteiger partial charge in [-0.2, -0.15) is 0 Å². The van der Waals surface area contributed by atoms with Crippen LogP contribution in [0, 0.1) is 6.92 Å². The van der Waals surface area contributed by atoms with Gasteiger partial charge in [-0.3, -0.25) is 0 Å². The van der Waals surface area contributed by atoms with Gasteiger partial charge in [0.15, 0.2) is 0 Å². The van der Waals surface area contributed by atoms with E-state index in [1.165, 1.54) is 105 Å². The maximum atomic E-state index is 3.91. The summed E-state index contributed by atoms with van der Waals surface area (Å²) < 4.78 is 0. The average molecular weight is 742 g/mol. The van der Waals surface area contributed by atoms with Crippen molar-refractivity contribution < 1.29 is 0 Å². The van der Waals surface area contributed by atoms with E-state index >= 15 is 0 Å². The molecule has 0 bridgehead atoms. The molecular weight excluding hydrogens is 699 g/mol. The molecule has 0 fully saturated rings. The molecule has 0 spiro atoms. The Morgan fingerprint density at radius 2 is 1.17 bits per heavy atom. The van der Waals surface area contributed by atoms with Gasteiger partial charge in [0.05, 0.1) is 6.04 Å². The molecule has 0 amide bonds. The fourth-order valence-electron chi connectivity index (χ4n) is 9.76. The lowest BCUT2D eigenvalue weighted by Gasteiger charge is -2.30. The summed E-state index contributed by atoms with van der Waals surface area (Å²) in [6.45, 7) is 2.18. The molecule has 1 N–H and O–H groups in total. The molecule has 276 valence electrons. The first kappa shape index (κ1) is 34.3. The SMILES string of the molecule is Cc1ccccc1NC1Cc2ccccc2-c2cc(-c3cccc(-c4c5ccccc5c([C@H]5C=CC(c6ccc7ccccc7c6)=CC5)c5ccccc45)c3)ccc21. The van der Waals surface area contributed by atoms with E-state index in [2.05, 4.69) is 212 Å². The van der Waals surface area contributed by atoms with Gasteiger partial charge in [-0.15, -0.1) is 0 Å². The summed E-state index contributed by atoms with van der Waals surface area (Å²) in [5.74, 6) is 0.280. The highest BCUT2D eigenvalue weighted by atomic mass is 14.9. The second-order valence-corrected chi connectivity index (χ2v) is 16.1. The highest BCUT2D eigenvalue weighted by Crippen LogP contribution is 2.46. The molecule has 0 saturated carbocycles. The van der Waals surface area contributed by atoms with Crippen LogP contribution in [0.2, 0.25) is 0 Å². The molecule has 58 heavy (non-hydrogen) atoms. The summed E-state index contributed by atoms with van der Waals surface area (Å²) in [5.41, 5.74) is 16.8. The molecule has 0 aliphatic heterocycles. The first-order valence-electron chi connectivity index (χ1n) is 20.6. The van der Waals surface area contributed by atoms with E-state index in [0.717, 1.165) is 12.8 Å². The van der Waals surface area contributed by atoms with Crippen LogP contribution in [-0.4, -0.2) is 0 Å². The van der Waals surface area contributed by atoms with Gasteiger partial charge in [0.2, 0.25) is 0 Å². The average Bonchev–Trinajstić information content (AvgIpc) is 3.28. The van der Waals surface area contributed by atoms with Crippen LogP contribution < -0.4 is 5.32 Å². The monoisotopic (exact) mass is 741 g/mol. The Kier molecular flexibility index (Phi) is 8.40. The van der Waals surface area contributed by atoms with Gasteiger partial charge in [0.1, 0.15) is 0 Å². The zero-order valence-corrected chi connectivity index (χ0v) is 32.6. The number of anilines is 1. The highest BCUT2D eigenvalue weighted by Gasteiger charge is 2.26. The van der Waals surface area contributed by atoms with Crippen molar-refractivity contribution in [2.45, 2.75) is 31.7 Å². The Balaban J connectivity index is 0.985. The molecule has 2 aliphatic carbocycles. The summed E-state index contributed by atoms with van der Waals surface area (Å²) in [6.07, 6.45) is 9.14. The standard InChI is InChI=1S/C57H43N/c1-37-13-2-11-24-54(37)58-55-36-45-16-5-6-19-47(45)53-35-44(31-32-48(53)55)42-17-12-18-46(34-42)57-51-22-9-7-20-49(51)56(50-21-8-10-23-52(50)57)40-28-25-39(26-29-40)43-30-27-38-14-3-4-15-41(38)33-43/h2-28,30-35,40,55,58H,29,36H2,1H3/t40-,55?/m0/s1. The fourth-order valence-corrected chi connectivity index (χ4v) is 9.76. The van der Waals surface area contributed by atoms with E-state index in [1.807, 2.05) is 0 Å². The Bertz CT molecular complexity index is 3070. The molecule has 1 unspecified atom stereocenters. The number of hydrogen-bond donors (Lipinski definition) is 1. The van der Waals surface area contributed by atoms with Gasteiger partial charge in [-0.1, -0.05) is 176 Å². The number of allylic oxidation sites excluding steroid dienone is 4. The molecule has 0 radical (unpaired) electrons. The second-order valence-electron chi connectivity index (χ2n) is 16.1. The number of para-hydroxylation sites is 1. The van der Waals surface area contributed by atoms with Crippen LogP contribution >= 0.6 is 0 Å². The van der Waals surface area contributed by atoms with Crippen LogP contribution in [0.3, 0.4) is 0 Å². The normalized spacial score (nSPS) is 15.9. The van der Waals surface area contributed by atoms with Gasteiger partial charge in [-0.05, 0) is 143 Å². The second kappa shape index (κ2) is 14.2.